The van der Waals surface area contributed by atoms with Crippen LogP contribution >= 0.6 is 0 Å². The van der Waals surface area contributed by atoms with Gasteiger partial charge >= 0.3 is 0 Å². The van der Waals surface area contributed by atoms with E-state index >= 15 is 0 Å². The standard InChI is InChI=1S/C17H22N6O/c1-10-20-17(2,9-16(24)22(10)3)15-8-14(21-23(15)4)11-5-12(18)7-13(19)6-11/h5-8,20H,1,9,18-19H2,2-4H3/t17-/m0/s1. The number of benzene rings is 1. The van der Waals surface area contributed by atoms with Crippen molar-refractivity contribution in [3.05, 3.63) is 42.4 Å². The molecule has 0 unspecified atom stereocenters. The van der Waals surface area contributed by atoms with Crippen LogP contribution in [0.2, 0.25) is 0 Å². The Hall–Kier alpha value is -2.96. The van der Waals surface area contributed by atoms with E-state index in [1.165, 1.54) is 4.90 Å². The van der Waals surface area contributed by atoms with E-state index in [9.17, 15) is 4.79 Å². The van der Waals surface area contributed by atoms with Crippen LogP contribution in [-0.2, 0) is 17.4 Å². The fraction of sp³-hybridized carbons (Fsp3) is 0.294. The third-order valence-corrected chi connectivity index (χ3v) is 4.42. The molecule has 2 heterocycles. The number of carbonyl (C=O) groups excluding carboxylic acids is 1. The molecule has 1 saturated heterocycles. The first kappa shape index (κ1) is 15.9. The smallest absolute Gasteiger partial charge is 0.230 e. The highest BCUT2D eigenvalue weighted by atomic mass is 16.2. The molecule has 0 bridgehead atoms. The van der Waals surface area contributed by atoms with Crippen molar-refractivity contribution in [1.82, 2.24) is 20.0 Å². The topological polar surface area (TPSA) is 102 Å². The Morgan fingerprint density at radius 1 is 1.21 bits per heavy atom. The Bertz CT molecular complexity index is 799. The average molecular weight is 326 g/mol. The summed E-state index contributed by atoms with van der Waals surface area (Å²) in [5.41, 5.74) is 14.8. The van der Waals surface area contributed by atoms with Gasteiger partial charge in [0, 0.05) is 31.0 Å². The molecule has 0 spiro atoms. The zero-order chi connectivity index (χ0) is 17.6. The fourth-order valence-corrected chi connectivity index (χ4v) is 3.12. The Morgan fingerprint density at radius 2 is 1.83 bits per heavy atom. The van der Waals surface area contributed by atoms with E-state index in [2.05, 4.69) is 17.0 Å². The van der Waals surface area contributed by atoms with Crippen molar-refractivity contribution in [2.24, 2.45) is 7.05 Å². The van der Waals surface area contributed by atoms with Gasteiger partial charge in [-0.2, -0.15) is 5.10 Å². The Kier molecular flexibility index (Phi) is 3.51. The van der Waals surface area contributed by atoms with Gasteiger partial charge in [0.2, 0.25) is 5.91 Å². The van der Waals surface area contributed by atoms with Crippen molar-refractivity contribution in [2.45, 2.75) is 18.9 Å². The van der Waals surface area contributed by atoms with Gasteiger partial charge in [-0.25, -0.2) is 0 Å². The molecule has 1 aliphatic heterocycles. The Labute approximate surface area is 140 Å². The monoisotopic (exact) mass is 326 g/mol. The molecule has 1 amide bonds. The Balaban J connectivity index is 2.03. The zero-order valence-electron chi connectivity index (χ0n) is 14.1. The molecule has 7 heteroatoms. The van der Waals surface area contributed by atoms with E-state index in [0.29, 0.717) is 23.6 Å². The van der Waals surface area contributed by atoms with E-state index in [-0.39, 0.29) is 5.91 Å². The lowest BCUT2D eigenvalue weighted by Crippen LogP contribution is -2.53. The SMILES string of the molecule is C=C1N[C@](C)(c2cc(-c3cc(N)cc(N)c3)nn2C)CC(=O)N1C. The number of nitrogens with two attached hydrogens (primary N) is 2. The molecule has 0 radical (unpaired) electrons. The van der Waals surface area contributed by atoms with E-state index in [1.807, 2.05) is 32.2 Å². The molecular formula is C17H22N6O. The normalized spacial score (nSPS) is 21.0. The molecule has 7 nitrogen and oxygen atoms in total. The van der Waals surface area contributed by atoms with Gasteiger partial charge in [0.25, 0.3) is 0 Å². The summed E-state index contributed by atoms with van der Waals surface area (Å²) in [4.78, 5) is 13.8. The average Bonchev–Trinajstić information content (AvgIpc) is 2.86. The van der Waals surface area contributed by atoms with Crippen LogP contribution in [-0.4, -0.2) is 27.6 Å². The summed E-state index contributed by atoms with van der Waals surface area (Å²) in [6.45, 7) is 5.89. The first-order valence-electron chi connectivity index (χ1n) is 7.64. The van der Waals surface area contributed by atoms with Crippen LogP contribution in [0.3, 0.4) is 0 Å². The lowest BCUT2D eigenvalue weighted by atomic mass is 9.90. The summed E-state index contributed by atoms with van der Waals surface area (Å²) in [6.07, 6.45) is 0.320. The van der Waals surface area contributed by atoms with Gasteiger partial charge in [-0.15, -0.1) is 0 Å². The summed E-state index contributed by atoms with van der Waals surface area (Å²) in [5.74, 6) is 0.585. The summed E-state index contributed by atoms with van der Waals surface area (Å²) in [7, 11) is 3.56. The van der Waals surface area contributed by atoms with Gasteiger partial charge in [-0.05, 0) is 31.2 Å². The predicted molar refractivity (Wildman–Crippen MR) is 94.5 cm³/mol. The molecule has 1 aromatic carbocycles. The van der Waals surface area contributed by atoms with Gasteiger partial charge in [-0.3, -0.25) is 9.48 Å². The lowest BCUT2D eigenvalue weighted by Gasteiger charge is -2.40. The van der Waals surface area contributed by atoms with Crippen LogP contribution in [0.25, 0.3) is 11.3 Å². The second kappa shape index (κ2) is 5.30. The van der Waals surface area contributed by atoms with Crippen LogP contribution in [0.15, 0.2) is 36.7 Å². The molecular weight excluding hydrogens is 304 g/mol. The van der Waals surface area contributed by atoms with Gasteiger partial charge < -0.3 is 21.7 Å². The molecule has 24 heavy (non-hydrogen) atoms. The maximum absolute atomic E-state index is 12.2. The van der Waals surface area contributed by atoms with Gasteiger partial charge in [0.15, 0.2) is 0 Å². The molecule has 3 rings (SSSR count). The minimum atomic E-state index is -0.577. The molecule has 1 fully saturated rings. The number of rotatable bonds is 2. The highest BCUT2D eigenvalue weighted by molar-refractivity contribution is 5.80. The van der Waals surface area contributed by atoms with E-state index in [4.69, 9.17) is 11.5 Å². The van der Waals surface area contributed by atoms with Gasteiger partial charge in [0.1, 0.15) is 5.82 Å². The molecule has 1 aromatic heterocycles. The minimum Gasteiger partial charge on any atom is -0.399 e. The maximum Gasteiger partial charge on any atom is 0.230 e. The number of anilines is 2. The predicted octanol–water partition coefficient (Wildman–Crippen LogP) is 1.39. The van der Waals surface area contributed by atoms with Crippen LogP contribution < -0.4 is 16.8 Å². The quantitative estimate of drug-likeness (QED) is 0.724. The second-order valence-electron chi connectivity index (χ2n) is 6.46. The number of carbonyl (C=O) groups is 1. The molecule has 2 aromatic rings. The summed E-state index contributed by atoms with van der Waals surface area (Å²) >= 11 is 0. The number of aryl methyl sites for hydroxylation is 1. The van der Waals surface area contributed by atoms with Crippen LogP contribution in [0.1, 0.15) is 19.0 Å². The van der Waals surface area contributed by atoms with Gasteiger partial charge in [-0.1, -0.05) is 6.58 Å². The largest absolute Gasteiger partial charge is 0.399 e. The number of nitrogens with one attached hydrogen (secondary N) is 1. The minimum absolute atomic E-state index is 0.0113. The van der Waals surface area contributed by atoms with Crippen molar-refractivity contribution >= 4 is 17.3 Å². The van der Waals surface area contributed by atoms with E-state index in [0.717, 1.165) is 17.0 Å². The van der Waals surface area contributed by atoms with Crippen molar-refractivity contribution in [2.75, 3.05) is 18.5 Å². The fourth-order valence-electron chi connectivity index (χ4n) is 3.12. The van der Waals surface area contributed by atoms with Crippen molar-refractivity contribution in [3.63, 3.8) is 0 Å². The maximum atomic E-state index is 12.2. The number of nitrogen functional groups attached to an aromatic ring is 2. The van der Waals surface area contributed by atoms with Crippen molar-refractivity contribution in [1.29, 1.82) is 0 Å². The van der Waals surface area contributed by atoms with Crippen molar-refractivity contribution < 1.29 is 4.79 Å². The first-order valence-corrected chi connectivity index (χ1v) is 7.64. The zero-order valence-corrected chi connectivity index (χ0v) is 14.1. The van der Waals surface area contributed by atoms with E-state index < -0.39 is 5.54 Å². The number of hydrogen-bond donors (Lipinski definition) is 3. The van der Waals surface area contributed by atoms with Crippen LogP contribution in [0.4, 0.5) is 11.4 Å². The highest BCUT2D eigenvalue weighted by Gasteiger charge is 2.39. The molecule has 0 aliphatic carbocycles. The molecule has 1 atom stereocenters. The summed E-state index contributed by atoms with van der Waals surface area (Å²) in [5, 5.41) is 7.88. The van der Waals surface area contributed by atoms with Crippen LogP contribution in [0, 0.1) is 0 Å². The number of amides is 1. The number of aromatic nitrogens is 2. The van der Waals surface area contributed by atoms with E-state index in [1.54, 1.807) is 17.8 Å². The molecule has 126 valence electrons. The third kappa shape index (κ3) is 2.58. The number of hydrogen-bond acceptors (Lipinski definition) is 5. The molecule has 1 aliphatic rings. The lowest BCUT2D eigenvalue weighted by molar-refractivity contribution is -0.132. The summed E-state index contributed by atoms with van der Waals surface area (Å²) in [6, 6.07) is 7.32. The van der Waals surface area contributed by atoms with Crippen LogP contribution in [0.5, 0.6) is 0 Å². The Morgan fingerprint density at radius 3 is 2.42 bits per heavy atom. The molecule has 5 N–H and O–H groups in total. The van der Waals surface area contributed by atoms with Gasteiger partial charge in [0.05, 0.1) is 23.3 Å². The number of nitrogens with zero attached hydrogens (tertiary/aromatic N) is 3. The second-order valence-corrected chi connectivity index (χ2v) is 6.46. The molecule has 0 saturated carbocycles. The third-order valence-electron chi connectivity index (χ3n) is 4.42. The highest BCUT2D eigenvalue weighted by Crippen LogP contribution is 2.33. The first-order chi connectivity index (χ1) is 11.2. The van der Waals surface area contributed by atoms with Crippen molar-refractivity contribution in [3.8, 4) is 11.3 Å². The summed E-state index contributed by atoms with van der Waals surface area (Å²) < 4.78 is 1.77.